The van der Waals surface area contributed by atoms with Crippen LogP contribution in [0.25, 0.3) is 10.9 Å². The maximum atomic E-state index is 13.6. The van der Waals surface area contributed by atoms with Crippen LogP contribution in [0.1, 0.15) is 42.1 Å². The SMILES string of the molecule is CC1c2[nH]c3ccccc3c2C(c2ccccc2)CN1C1CC(=O)N(c2ccccc2Cl)C1=O. The number of nitrogens with zero attached hydrogens (tertiary/aromatic N) is 2. The number of imide groups is 1. The molecule has 0 aliphatic carbocycles. The van der Waals surface area contributed by atoms with Crippen LogP contribution in [0.3, 0.4) is 0 Å². The van der Waals surface area contributed by atoms with Crippen molar-refractivity contribution in [1.82, 2.24) is 9.88 Å². The first-order chi connectivity index (χ1) is 16.5. The molecule has 0 spiro atoms. The monoisotopic (exact) mass is 469 g/mol. The van der Waals surface area contributed by atoms with E-state index in [9.17, 15) is 9.59 Å². The summed E-state index contributed by atoms with van der Waals surface area (Å²) in [5.74, 6) is -0.342. The van der Waals surface area contributed by atoms with Gasteiger partial charge in [0.2, 0.25) is 5.91 Å². The molecule has 6 heteroatoms. The standard InChI is InChI=1S/C28H24ClN3O2/c1-17-27-26(19-11-5-7-13-22(19)30-27)20(18-9-3-2-4-10-18)16-31(17)24-15-25(33)32(28(24)34)23-14-8-6-12-21(23)29/h2-14,17,20,24,30H,15-16H2,1H3. The highest BCUT2D eigenvalue weighted by atomic mass is 35.5. The van der Waals surface area contributed by atoms with Crippen molar-refractivity contribution >= 4 is 40.0 Å². The quantitative estimate of drug-likeness (QED) is 0.394. The smallest absolute Gasteiger partial charge is 0.251 e. The highest BCUT2D eigenvalue weighted by molar-refractivity contribution is 6.36. The summed E-state index contributed by atoms with van der Waals surface area (Å²) >= 11 is 6.35. The van der Waals surface area contributed by atoms with Crippen LogP contribution in [0.5, 0.6) is 0 Å². The van der Waals surface area contributed by atoms with Gasteiger partial charge in [-0.25, -0.2) is 4.90 Å². The zero-order chi connectivity index (χ0) is 23.4. The number of fused-ring (bicyclic) bond motifs is 3. The van der Waals surface area contributed by atoms with Crippen LogP contribution in [0.15, 0.2) is 78.9 Å². The molecule has 0 radical (unpaired) electrons. The van der Waals surface area contributed by atoms with Crippen LogP contribution < -0.4 is 4.90 Å². The van der Waals surface area contributed by atoms with E-state index in [1.807, 2.05) is 12.1 Å². The van der Waals surface area contributed by atoms with Gasteiger partial charge < -0.3 is 4.98 Å². The molecule has 1 saturated heterocycles. The Morgan fingerprint density at radius 3 is 2.41 bits per heavy atom. The third-order valence-electron chi connectivity index (χ3n) is 7.25. The first-order valence-electron chi connectivity index (χ1n) is 11.6. The lowest BCUT2D eigenvalue weighted by Crippen LogP contribution is -2.47. The van der Waals surface area contributed by atoms with Crippen LogP contribution >= 0.6 is 11.6 Å². The first-order valence-corrected chi connectivity index (χ1v) is 11.9. The number of hydrogen-bond donors (Lipinski definition) is 1. The number of nitrogens with one attached hydrogen (secondary N) is 1. The van der Waals surface area contributed by atoms with Crippen LogP contribution in [-0.2, 0) is 9.59 Å². The molecular formula is C28H24ClN3O2. The van der Waals surface area contributed by atoms with Gasteiger partial charge in [0.1, 0.15) is 0 Å². The van der Waals surface area contributed by atoms with Gasteiger partial charge in [0.25, 0.3) is 5.91 Å². The molecule has 2 aliphatic rings. The largest absolute Gasteiger partial charge is 0.357 e. The molecular weight excluding hydrogens is 446 g/mol. The van der Waals surface area contributed by atoms with Gasteiger partial charge in [-0.3, -0.25) is 14.5 Å². The van der Waals surface area contributed by atoms with E-state index in [-0.39, 0.29) is 30.2 Å². The van der Waals surface area contributed by atoms with E-state index in [0.717, 1.165) is 11.2 Å². The van der Waals surface area contributed by atoms with Crippen molar-refractivity contribution in [2.75, 3.05) is 11.4 Å². The number of aromatic nitrogens is 1. The molecule has 1 N–H and O–H groups in total. The highest BCUT2D eigenvalue weighted by Crippen LogP contribution is 2.45. The first kappa shape index (κ1) is 21.1. The second-order valence-corrected chi connectivity index (χ2v) is 9.48. The van der Waals surface area contributed by atoms with Gasteiger partial charge in [0.05, 0.1) is 23.2 Å². The number of amides is 2. The number of H-pyrrole nitrogens is 1. The highest BCUT2D eigenvalue weighted by Gasteiger charge is 2.47. The molecule has 0 saturated carbocycles. The van der Waals surface area contributed by atoms with Crippen molar-refractivity contribution in [3.63, 3.8) is 0 Å². The maximum Gasteiger partial charge on any atom is 0.251 e. The molecule has 170 valence electrons. The molecule has 2 amide bonds. The Morgan fingerprint density at radius 1 is 0.912 bits per heavy atom. The number of aromatic amines is 1. The van der Waals surface area contributed by atoms with Gasteiger partial charge in [0, 0.05) is 35.1 Å². The summed E-state index contributed by atoms with van der Waals surface area (Å²) in [6, 6.07) is 25.2. The second-order valence-electron chi connectivity index (χ2n) is 9.07. The van der Waals surface area contributed by atoms with Crippen molar-refractivity contribution in [2.45, 2.75) is 31.3 Å². The van der Waals surface area contributed by atoms with Crippen LogP contribution in [0.4, 0.5) is 5.69 Å². The molecule has 2 aliphatic heterocycles. The Balaban J connectivity index is 1.44. The van der Waals surface area contributed by atoms with Gasteiger partial charge in [-0.15, -0.1) is 0 Å². The fourth-order valence-electron chi connectivity index (χ4n) is 5.63. The van der Waals surface area contributed by atoms with E-state index in [0.29, 0.717) is 17.3 Å². The van der Waals surface area contributed by atoms with Crippen LogP contribution in [0, 0.1) is 0 Å². The van der Waals surface area contributed by atoms with Crippen molar-refractivity contribution < 1.29 is 9.59 Å². The molecule has 34 heavy (non-hydrogen) atoms. The zero-order valence-electron chi connectivity index (χ0n) is 18.7. The van der Waals surface area contributed by atoms with Crippen LogP contribution in [-0.4, -0.2) is 34.3 Å². The number of hydrogen-bond acceptors (Lipinski definition) is 3. The fourth-order valence-corrected chi connectivity index (χ4v) is 5.85. The number of anilines is 1. The zero-order valence-corrected chi connectivity index (χ0v) is 19.5. The Bertz CT molecular complexity index is 1410. The molecule has 6 rings (SSSR count). The predicted octanol–water partition coefficient (Wildman–Crippen LogP) is 5.66. The van der Waals surface area contributed by atoms with Gasteiger partial charge in [-0.05, 0) is 36.2 Å². The Labute approximate surface area is 202 Å². The van der Waals surface area contributed by atoms with E-state index in [4.69, 9.17) is 11.6 Å². The van der Waals surface area contributed by atoms with Gasteiger partial charge in [-0.1, -0.05) is 72.3 Å². The van der Waals surface area contributed by atoms with Gasteiger partial charge in [-0.2, -0.15) is 0 Å². The summed E-state index contributed by atoms with van der Waals surface area (Å²) in [6.45, 7) is 2.77. The number of halogens is 1. The second kappa shape index (κ2) is 8.12. The van der Waals surface area contributed by atoms with E-state index in [2.05, 4.69) is 59.3 Å². The summed E-state index contributed by atoms with van der Waals surface area (Å²) in [6.07, 6.45) is 0.144. The lowest BCUT2D eigenvalue weighted by Gasteiger charge is -2.40. The van der Waals surface area contributed by atoms with Crippen LogP contribution in [0.2, 0.25) is 5.02 Å². The lowest BCUT2D eigenvalue weighted by atomic mass is 9.83. The van der Waals surface area contributed by atoms with Crippen molar-refractivity contribution in [3.05, 3.63) is 101 Å². The molecule has 3 atom stereocenters. The van der Waals surface area contributed by atoms with E-state index in [1.54, 1.807) is 24.3 Å². The molecule has 1 aromatic heterocycles. The minimum absolute atomic E-state index is 0.0460. The molecule has 3 unspecified atom stereocenters. The third kappa shape index (κ3) is 3.19. The number of carbonyl (C=O) groups is 2. The molecule has 4 aromatic rings. The number of rotatable bonds is 3. The summed E-state index contributed by atoms with van der Waals surface area (Å²) in [5, 5.41) is 1.61. The normalized spacial score (nSPS) is 23.0. The van der Waals surface area contributed by atoms with Gasteiger partial charge in [0.15, 0.2) is 0 Å². The van der Waals surface area contributed by atoms with Gasteiger partial charge >= 0.3 is 0 Å². The summed E-state index contributed by atoms with van der Waals surface area (Å²) in [4.78, 5) is 33.8. The molecule has 0 bridgehead atoms. The molecule has 3 aromatic carbocycles. The van der Waals surface area contributed by atoms with E-state index >= 15 is 0 Å². The molecule has 3 heterocycles. The summed E-state index contributed by atoms with van der Waals surface area (Å²) < 4.78 is 0. The molecule has 5 nitrogen and oxygen atoms in total. The molecule has 1 fully saturated rings. The van der Waals surface area contributed by atoms with Crippen molar-refractivity contribution in [2.24, 2.45) is 0 Å². The Kier molecular flexibility index (Phi) is 5.05. The topological polar surface area (TPSA) is 56.4 Å². The number of benzene rings is 3. The Morgan fingerprint density at radius 2 is 1.62 bits per heavy atom. The van der Waals surface area contributed by atoms with E-state index < -0.39 is 6.04 Å². The minimum Gasteiger partial charge on any atom is -0.357 e. The fraction of sp³-hybridized carbons (Fsp3) is 0.214. The number of para-hydroxylation sites is 2. The minimum atomic E-state index is -0.537. The van der Waals surface area contributed by atoms with Crippen molar-refractivity contribution in [1.29, 1.82) is 0 Å². The predicted molar refractivity (Wildman–Crippen MR) is 134 cm³/mol. The van der Waals surface area contributed by atoms with Crippen molar-refractivity contribution in [3.8, 4) is 0 Å². The lowest BCUT2D eigenvalue weighted by molar-refractivity contribution is -0.123. The maximum absolute atomic E-state index is 13.6. The third-order valence-corrected chi connectivity index (χ3v) is 7.57. The Hall–Kier alpha value is -3.41. The number of carbonyl (C=O) groups excluding carboxylic acids is 2. The van der Waals surface area contributed by atoms with E-state index in [1.165, 1.54) is 21.4 Å². The summed E-state index contributed by atoms with van der Waals surface area (Å²) in [5.41, 5.74) is 5.14. The average molecular weight is 470 g/mol. The summed E-state index contributed by atoms with van der Waals surface area (Å²) in [7, 11) is 0. The average Bonchev–Trinajstić information content (AvgIpc) is 3.38.